The van der Waals surface area contributed by atoms with Gasteiger partial charge in [-0.3, -0.25) is 9.59 Å². The van der Waals surface area contributed by atoms with Crippen molar-refractivity contribution in [1.29, 1.82) is 0 Å². The van der Waals surface area contributed by atoms with Crippen molar-refractivity contribution in [2.24, 2.45) is 5.92 Å². The molecule has 0 spiro atoms. The Kier molecular flexibility index (Phi) is 9.96. The molecule has 0 aliphatic heterocycles. The van der Waals surface area contributed by atoms with Crippen LogP contribution in [-0.2, 0) is 22.6 Å². The summed E-state index contributed by atoms with van der Waals surface area (Å²) in [5, 5.41) is 3.02. The van der Waals surface area contributed by atoms with Crippen LogP contribution in [0.25, 0.3) is 0 Å². The van der Waals surface area contributed by atoms with E-state index in [2.05, 4.69) is 63.3 Å². The first-order chi connectivity index (χ1) is 15.2. The minimum Gasteiger partial charge on any atom is -0.354 e. The molecule has 1 N–H and O–H groups in total. The highest BCUT2D eigenvalue weighted by Crippen LogP contribution is 2.18. The summed E-state index contributed by atoms with van der Waals surface area (Å²) in [6, 6.07) is 16.2. The van der Waals surface area contributed by atoms with Crippen LogP contribution in [0.3, 0.4) is 0 Å². The second kappa shape index (κ2) is 12.4. The molecule has 32 heavy (non-hydrogen) atoms. The summed E-state index contributed by atoms with van der Waals surface area (Å²) in [7, 11) is 0. The summed E-state index contributed by atoms with van der Waals surface area (Å²) in [5.74, 6) is 0.811. The van der Waals surface area contributed by atoms with Gasteiger partial charge in [0.05, 0.1) is 0 Å². The Balaban J connectivity index is 2.17. The zero-order valence-corrected chi connectivity index (χ0v) is 20.7. The normalized spacial score (nSPS) is 12.1. The molecule has 2 aromatic carbocycles. The average molecular weight is 437 g/mol. The fourth-order valence-corrected chi connectivity index (χ4v) is 3.81. The maximum absolute atomic E-state index is 13.4. The Hall–Kier alpha value is -2.62. The van der Waals surface area contributed by atoms with Crippen molar-refractivity contribution < 1.29 is 9.59 Å². The van der Waals surface area contributed by atoms with Crippen molar-refractivity contribution in [1.82, 2.24) is 10.2 Å². The van der Waals surface area contributed by atoms with Gasteiger partial charge in [0.25, 0.3) is 0 Å². The van der Waals surface area contributed by atoms with E-state index in [1.165, 1.54) is 5.56 Å². The molecule has 4 nitrogen and oxygen atoms in total. The van der Waals surface area contributed by atoms with Crippen LogP contribution in [-0.4, -0.2) is 29.3 Å². The molecular weight excluding hydrogens is 396 g/mol. The molecule has 2 rings (SSSR count). The minimum absolute atomic E-state index is 0.0194. The predicted octanol–water partition coefficient (Wildman–Crippen LogP) is 5.63. The topological polar surface area (TPSA) is 49.4 Å². The molecule has 4 heteroatoms. The van der Waals surface area contributed by atoms with Crippen LogP contribution in [0.5, 0.6) is 0 Å². The van der Waals surface area contributed by atoms with Gasteiger partial charge >= 0.3 is 0 Å². The highest BCUT2D eigenvalue weighted by Gasteiger charge is 2.28. The van der Waals surface area contributed by atoms with Gasteiger partial charge in [0.2, 0.25) is 11.8 Å². The zero-order valence-electron chi connectivity index (χ0n) is 20.7. The number of nitrogens with one attached hydrogen (secondary N) is 1. The quantitative estimate of drug-likeness (QED) is 0.496. The van der Waals surface area contributed by atoms with Crippen LogP contribution in [0.15, 0.2) is 48.5 Å². The maximum Gasteiger partial charge on any atom is 0.242 e. The Morgan fingerprint density at radius 3 is 2.22 bits per heavy atom. The molecule has 0 aliphatic rings. The number of aryl methyl sites for hydroxylation is 2. The fraction of sp³-hybridized carbons (Fsp3) is 0.500. The summed E-state index contributed by atoms with van der Waals surface area (Å²) in [4.78, 5) is 28.1. The van der Waals surface area contributed by atoms with Crippen LogP contribution < -0.4 is 5.32 Å². The summed E-state index contributed by atoms with van der Waals surface area (Å²) in [6.45, 7) is 13.6. The monoisotopic (exact) mass is 436 g/mol. The number of benzene rings is 2. The van der Waals surface area contributed by atoms with Crippen molar-refractivity contribution >= 4 is 11.8 Å². The van der Waals surface area contributed by atoms with Gasteiger partial charge in [-0.15, -0.1) is 0 Å². The molecule has 0 unspecified atom stereocenters. The highest BCUT2D eigenvalue weighted by atomic mass is 16.2. The summed E-state index contributed by atoms with van der Waals surface area (Å²) in [6.07, 6.45) is 1.65. The lowest BCUT2D eigenvalue weighted by atomic mass is 10.00. The average Bonchev–Trinajstić information content (AvgIpc) is 2.76. The zero-order chi connectivity index (χ0) is 23.7. The Morgan fingerprint density at radius 2 is 1.66 bits per heavy atom. The van der Waals surface area contributed by atoms with E-state index in [9.17, 15) is 9.59 Å². The van der Waals surface area contributed by atoms with Gasteiger partial charge in [-0.1, -0.05) is 88.7 Å². The minimum atomic E-state index is -0.468. The Morgan fingerprint density at radius 1 is 0.969 bits per heavy atom. The van der Waals surface area contributed by atoms with Crippen molar-refractivity contribution in [3.63, 3.8) is 0 Å². The van der Waals surface area contributed by atoms with E-state index in [-0.39, 0.29) is 11.8 Å². The van der Waals surface area contributed by atoms with Gasteiger partial charge in [0.15, 0.2) is 0 Å². The summed E-state index contributed by atoms with van der Waals surface area (Å²) < 4.78 is 0. The second-order valence-electron chi connectivity index (χ2n) is 9.47. The van der Waals surface area contributed by atoms with Gasteiger partial charge in [-0.05, 0) is 48.3 Å². The van der Waals surface area contributed by atoms with Gasteiger partial charge in [0, 0.05) is 19.5 Å². The SMILES string of the molecule is CC[C@H](C(=O)NCC(C)C)N(Cc1cccc(C)c1)C(=O)CCc1ccc(C(C)C)cc1. The number of amides is 2. The predicted molar refractivity (Wildman–Crippen MR) is 133 cm³/mol. The van der Waals surface area contributed by atoms with Crippen LogP contribution in [0, 0.1) is 12.8 Å². The molecule has 0 radical (unpaired) electrons. The lowest BCUT2D eigenvalue weighted by Crippen LogP contribution is -2.49. The number of nitrogens with zero attached hydrogens (tertiary/aromatic N) is 1. The van der Waals surface area contributed by atoms with Crippen molar-refractivity contribution in [2.45, 2.75) is 79.3 Å². The lowest BCUT2D eigenvalue weighted by molar-refractivity contribution is -0.141. The molecule has 0 saturated heterocycles. The van der Waals surface area contributed by atoms with Crippen LogP contribution in [0.4, 0.5) is 0 Å². The summed E-state index contributed by atoms with van der Waals surface area (Å²) in [5.41, 5.74) is 4.65. The van der Waals surface area contributed by atoms with Gasteiger partial charge in [-0.25, -0.2) is 0 Å². The number of carbonyl (C=O) groups excluding carboxylic acids is 2. The number of hydrogen-bond acceptors (Lipinski definition) is 2. The van der Waals surface area contributed by atoms with Gasteiger partial charge < -0.3 is 10.2 Å². The van der Waals surface area contributed by atoms with E-state index in [0.29, 0.717) is 44.2 Å². The van der Waals surface area contributed by atoms with E-state index >= 15 is 0 Å². The van der Waals surface area contributed by atoms with Crippen molar-refractivity contribution in [3.8, 4) is 0 Å². The highest BCUT2D eigenvalue weighted by molar-refractivity contribution is 5.87. The van der Waals surface area contributed by atoms with Crippen LogP contribution >= 0.6 is 0 Å². The number of hydrogen-bond donors (Lipinski definition) is 1. The molecule has 174 valence electrons. The number of carbonyl (C=O) groups is 2. The molecular formula is C28H40N2O2. The van der Waals surface area contributed by atoms with Gasteiger partial charge in [-0.2, -0.15) is 0 Å². The van der Waals surface area contributed by atoms with Crippen LogP contribution in [0.2, 0.25) is 0 Å². The number of rotatable bonds is 11. The molecule has 0 aromatic heterocycles. The summed E-state index contributed by atoms with van der Waals surface area (Å²) >= 11 is 0. The van der Waals surface area contributed by atoms with E-state index in [1.807, 2.05) is 32.0 Å². The van der Waals surface area contributed by atoms with Crippen molar-refractivity contribution in [3.05, 3.63) is 70.8 Å². The molecule has 1 atom stereocenters. The first-order valence-corrected chi connectivity index (χ1v) is 11.9. The van der Waals surface area contributed by atoms with E-state index < -0.39 is 6.04 Å². The third-order valence-electron chi connectivity index (χ3n) is 5.78. The van der Waals surface area contributed by atoms with Crippen molar-refractivity contribution in [2.75, 3.05) is 6.54 Å². The van der Waals surface area contributed by atoms with E-state index in [4.69, 9.17) is 0 Å². The smallest absolute Gasteiger partial charge is 0.242 e. The third kappa shape index (κ3) is 7.81. The first kappa shape index (κ1) is 25.6. The van der Waals surface area contributed by atoms with Crippen LogP contribution in [0.1, 0.15) is 75.6 Å². The molecule has 0 bridgehead atoms. The standard InChI is InChI=1S/C28H40N2O2/c1-7-26(28(32)29-18-20(2)3)30(19-24-10-8-9-22(6)17-24)27(31)16-13-23-11-14-25(15-12-23)21(4)5/h8-12,14-15,17,20-21,26H,7,13,16,18-19H2,1-6H3,(H,29,32)/t26-/m1/s1. The fourth-order valence-electron chi connectivity index (χ4n) is 3.81. The molecule has 0 heterocycles. The first-order valence-electron chi connectivity index (χ1n) is 11.9. The largest absolute Gasteiger partial charge is 0.354 e. The maximum atomic E-state index is 13.4. The third-order valence-corrected chi connectivity index (χ3v) is 5.78. The molecule has 0 saturated carbocycles. The lowest BCUT2D eigenvalue weighted by Gasteiger charge is -2.31. The van der Waals surface area contributed by atoms with E-state index in [1.54, 1.807) is 4.90 Å². The van der Waals surface area contributed by atoms with Gasteiger partial charge in [0.1, 0.15) is 6.04 Å². The molecule has 2 aromatic rings. The molecule has 0 fully saturated rings. The molecule has 2 amide bonds. The second-order valence-corrected chi connectivity index (χ2v) is 9.47. The molecule has 0 aliphatic carbocycles. The van der Waals surface area contributed by atoms with E-state index in [0.717, 1.165) is 16.7 Å². The Bertz CT molecular complexity index is 871. The Labute approximate surface area is 194 Å².